The Bertz CT molecular complexity index is 287. The molecule has 1 saturated heterocycles. The van der Waals surface area contributed by atoms with Crippen molar-refractivity contribution in [1.82, 2.24) is 10.2 Å². The van der Waals surface area contributed by atoms with Gasteiger partial charge in [-0.1, -0.05) is 26.2 Å². The minimum absolute atomic E-state index is 0.269. The molecular weight excluding hydrogens is 238 g/mol. The summed E-state index contributed by atoms with van der Waals surface area (Å²) in [6.45, 7) is 5.15. The Labute approximate surface area is 117 Å². The van der Waals surface area contributed by atoms with E-state index in [0.717, 1.165) is 44.3 Å². The average molecular weight is 267 g/mol. The van der Waals surface area contributed by atoms with Crippen LogP contribution < -0.4 is 11.1 Å². The summed E-state index contributed by atoms with van der Waals surface area (Å²) in [7, 11) is 0. The summed E-state index contributed by atoms with van der Waals surface area (Å²) in [5.41, 5.74) is 5.29. The molecule has 0 spiro atoms. The first kappa shape index (κ1) is 14.6. The van der Waals surface area contributed by atoms with Gasteiger partial charge in [0.05, 0.1) is 0 Å². The van der Waals surface area contributed by atoms with Crippen molar-refractivity contribution in [2.75, 3.05) is 19.6 Å². The van der Waals surface area contributed by atoms with E-state index in [-0.39, 0.29) is 6.03 Å². The molecule has 1 heterocycles. The van der Waals surface area contributed by atoms with Gasteiger partial charge in [-0.05, 0) is 44.1 Å². The number of nitrogens with one attached hydrogen (secondary N) is 1. The average Bonchev–Trinajstić information content (AvgIpc) is 2.39. The quantitative estimate of drug-likeness (QED) is 0.821. The molecule has 0 aromatic heterocycles. The Morgan fingerprint density at radius 3 is 2.63 bits per heavy atom. The number of nitrogens with two attached hydrogens (primary N) is 1. The monoisotopic (exact) mass is 267 g/mol. The molecule has 2 rings (SSSR count). The Balaban J connectivity index is 1.58. The normalized spacial score (nSPS) is 29.4. The van der Waals surface area contributed by atoms with Crippen molar-refractivity contribution in [1.29, 1.82) is 0 Å². The van der Waals surface area contributed by atoms with E-state index in [0.29, 0.717) is 6.04 Å². The molecule has 1 aliphatic heterocycles. The largest absolute Gasteiger partial charge is 0.351 e. The van der Waals surface area contributed by atoms with Gasteiger partial charge in [-0.15, -0.1) is 0 Å². The number of rotatable bonds is 4. The van der Waals surface area contributed by atoms with Crippen LogP contribution in [-0.2, 0) is 0 Å². The molecule has 4 heteroatoms. The maximum atomic E-state index is 11.0. The maximum absolute atomic E-state index is 11.0. The third-order valence-electron chi connectivity index (χ3n) is 4.84. The van der Waals surface area contributed by atoms with Gasteiger partial charge in [-0.3, -0.25) is 0 Å². The molecule has 110 valence electrons. The van der Waals surface area contributed by atoms with E-state index in [1.165, 1.54) is 32.1 Å². The fourth-order valence-corrected chi connectivity index (χ4v) is 3.62. The number of amides is 2. The van der Waals surface area contributed by atoms with Gasteiger partial charge in [0.15, 0.2) is 0 Å². The number of nitrogens with zero attached hydrogens (tertiary/aromatic N) is 1. The van der Waals surface area contributed by atoms with Crippen molar-refractivity contribution < 1.29 is 4.79 Å². The molecule has 19 heavy (non-hydrogen) atoms. The fourth-order valence-electron chi connectivity index (χ4n) is 3.62. The highest BCUT2D eigenvalue weighted by molar-refractivity contribution is 5.72. The molecule has 0 aromatic carbocycles. The molecule has 3 N–H and O–H groups in total. The summed E-state index contributed by atoms with van der Waals surface area (Å²) < 4.78 is 0. The number of hydrogen-bond acceptors (Lipinski definition) is 2. The van der Waals surface area contributed by atoms with Crippen molar-refractivity contribution in [3.63, 3.8) is 0 Å². The minimum Gasteiger partial charge on any atom is -0.351 e. The summed E-state index contributed by atoms with van der Waals surface area (Å²) >= 11 is 0. The summed E-state index contributed by atoms with van der Waals surface area (Å²) in [5.74, 6) is 1.86. The minimum atomic E-state index is -0.269. The van der Waals surface area contributed by atoms with Gasteiger partial charge in [-0.25, -0.2) is 4.79 Å². The Morgan fingerprint density at radius 1 is 1.26 bits per heavy atom. The zero-order valence-electron chi connectivity index (χ0n) is 12.2. The predicted octanol–water partition coefficient (Wildman–Crippen LogP) is 2.34. The molecule has 1 aliphatic carbocycles. The van der Waals surface area contributed by atoms with Gasteiger partial charge in [0.25, 0.3) is 0 Å². The van der Waals surface area contributed by atoms with Crippen LogP contribution in [0, 0.1) is 11.8 Å². The van der Waals surface area contributed by atoms with E-state index in [1.54, 1.807) is 4.90 Å². The van der Waals surface area contributed by atoms with Crippen molar-refractivity contribution in [3.05, 3.63) is 0 Å². The highest BCUT2D eigenvalue weighted by Gasteiger charge is 2.22. The van der Waals surface area contributed by atoms with E-state index in [4.69, 9.17) is 5.73 Å². The van der Waals surface area contributed by atoms with Gasteiger partial charge in [0.1, 0.15) is 0 Å². The lowest BCUT2D eigenvalue weighted by Crippen LogP contribution is -2.47. The highest BCUT2D eigenvalue weighted by atomic mass is 16.2. The summed E-state index contributed by atoms with van der Waals surface area (Å²) in [5, 5.41) is 3.66. The lowest BCUT2D eigenvalue weighted by molar-refractivity contribution is 0.184. The van der Waals surface area contributed by atoms with Gasteiger partial charge in [0.2, 0.25) is 0 Å². The second-order valence-corrected chi connectivity index (χ2v) is 6.48. The first-order chi connectivity index (χ1) is 9.15. The van der Waals surface area contributed by atoms with Crippen molar-refractivity contribution in [3.8, 4) is 0 Å². The summed E-state index contributed by atoms with van der Waals surface area (Å²) in [6, 6.07) is 0.311. The molecule has 1 saturated carbocycles. The van der Waals surface area contributed by atoms with E-state index in [1.807, 2.05) is 0 Å². The molecule has 0 aromatic rings. The van der Waals surface area contributed by atoms with E-state index in [2.05, 4.69) is 12.2 Å². The molecule has 2 fully saturated rings. The second-order valence-electron chi connectivity index (χ2n) is 6.48. The molecule has 4 nitrogen and oxygen atoms in total. The number of likely N-dealkylation sites (tertiary alicyclic amines) is 1. The number of hydrogen-bond donors (Lipinski definition) is 2. The standard InChI is InChI=1S/C15H29N3O/c1-12-3-2-4-13(11-12)5-8-17-14-6-9-18(10-7-14)15(16)19/h12-14,17H,2-11H2,1H3,(H2,16,19). The lowest BCUT2D eigenvalue weighted by atomic mass is 9.81. The van der Waals surface area contributed by atoms with E-state index < -0.39 is 0 Å². The smallest absolute Gasteiger partial charge is 0.314 e. The molecule has 2 aliphatic rings. The number of primary amides is 1. The second kappa shape index (κ2) is 7.13. The van der Waals surface area contributed by atoms with Gasteiger partial charge in [-0.2, -0.15) is 0 Å². The van der Waals surface area contributed by atoms with Crippen LogP contribution in [-0.4, -0.2) is 36.6 Å². The molecule has 0 bridgehead atoms. The first-order valence-electron chi connectivity index (χ1n) is 7.93. The van der Waals surface area contributed by atoms with Crippen LogP contribution >= 0.6 is 0 Å². The van der Waals surface area contributed by atoms with E-state index in [9.17, 15) is 4.79 Å². The van der Waals surface area contributed by atoms with Crippen molar-refractivity contribution in [2.24, 2.45) is 17.6 Å². The summed E-state index contributed by atoms with van der Waals surface area (Å²) in [4.78, 5) is 12.8. The maximum Gasteiger partial charge on any atom is 0.314 e. The molecule has 2 unspecified atom stereocenters. The van der Waals surface area contributed by atoms with E-state index >= 15 is 0 Å². The molecular formula is C15H29N3O. The Hall–Kier alpha value is -0.770. The predicted molar refractivity (Wildman–Crippen MR) is 77.9 cm³/mol. The van der Waals surface area contributed by atoms with Crippen LogP contribution in [0.4, 0.5) is 4.79 Å². The third-order valence-corrected chi connectivity index (χ3v) is 4.84. The molecule has 2 atom stereocenters. The SMILES string of the molecule is CC1CCCC(CCNC2CCN(C(N)=O)CC2)C1. The molecule has 0 radical (unpaired) electrons. The Morgan fingerprint density at radius 2 is 2.00 bits per heavy atom. The zero-order valence-corrected chi connectivity index (χ0v) is 12.2. The number of urea groups is 1. The Kier molecular flexibility index (Phi) is 5.49. The zero-order chi connectivity index (χ0) is 13.7. The number of carbonyl (C=O) groups excluding carboxylic acids is 1. The topological polar surface area (TPSA) is 58.4 Å². The van der Waals surface area contributed by atoms with Gasteiger partial charge >= 0.3 is 6.03 Å². The lowest BCUT2D eigenvalue weighted by Gasteiger charge is -2.32. The first-order valence-corrected chi connectivity index (χ1v) is 7.93. The number of piperidine rings is 1. The van der Waals surface area contributed by atoms with Gasteiger partial charge in [0, 0.05) is 19.1 Å². The third kappa shape index (κ3) is 4.68. The molecule has 2 amide bonds. The van der Waals surface area contributed by atoms with Crippen LogP contribution in [0.5, 0.6) is 0 Å². The van der Waals surface area contributed by atoms with Gasteiger partial charge < -0.3 is 16.0 Å². The van der Waals surface area contributed by atoms with Crippen LogP contribution in [0.1, 0.15) is 51.9 Å². The fraction of sp³-hybridized carbons (Fsp3) is 0.933. The van der Waals surface area contributed by atoms with Crippen molar-refractivity contribution in [2.45, 2.75) is 57.9 Å². The van der Waals surface area contributed by atoms with Crippen LogP contribution in [0.2, 0.25) is 0 Å². The van der Waals surface area contributed by atoms with Crippen LogP contribution in [0.3, 0.4) is 0 Å². The number of carbonyl (C=O) groups is 1. The highest BCUT2D eigenvalue weighted by Crippen LogP contribution is 2.30. The van der Waals surface area contributed by atoms with Crippen LogP contribution in [0.15, 0.2) is 0 Å². The van der Waals surface area contributed by atoms with Crippen LogP contribution in [0.25, 0.3) is 0 Å². The van der Waals surface area contributed by atoms with Crippen molar-refractivity contribution >= 4 is 6.03 Å². The summed E-state index contributed by atoms with van der Waals surface area (Å²) in [6.07, 6.45) is 9.10.